The minimum atomic E-state index is 0.0878. The van der Waals surface area contributed by atoms with Crippen LogP contribution >= 0.6 is 0 Å². The quantitative estimate of drug-likeness (QED) is 0.588. The van der Waals surface area contributed by atoms with Crippen molar-refractivity contribution >= 4 is 0 Å². The van der Waals surface area contributed by atoms with E-state index in [0.29, 0.717) is 5.92 Å². The Bertz CT molecular complexity index is 375. The largest absolute Gasteiger partial charge is 0.379 e. The summed E-state index contributed by atoms with van der Waals surface area (Å²) in [5.74, 6) is 6.32. The Balaban J connectivity index is 2.00. The standard InChI is InChI=1S/C13H25N5O/c1-18-9-11(16-17-18)8-12(15-14)13(19-2)10-6-4-3-5-7-10/h9-10,12-13,15H,3-8,14H2,1-2H3. The van der Waals surface area contributed by atoms with Crippen molar-refractivity contribution in [1.82, 2.24) is 20.4 Å². The maximum atomic E-state index is 5.73. The van der Waals surface area contributed by atoms with Gasteiger partial charge in [-0.05, 0) is 18.8 Å². The van der Waals surface area contributed by atoms with Crippen molar-refractivity contribution in [2.45, 2.75) is 50.7 Å². The fraction of sp³-hybridized carbons (Fsp3) is 0.846. The van der Waals surface area contributed by atoms with Crippen LogP contribution in [0.5, 0.6) is 0 Å². The molecule has 0 bridgehead atoms. The van der Waals surface area contributed by atoms with Gasteiger partial charge in [0.05, 0.1) is 17.8 Å². The molecule has 6 heteroatoms. The van der Waals surface area contributed by atoms with Crippen LogP contribution in [0.4, 0.5) is 0 Å². The molecule has 2 atom stereocenters. The fourth-order valence-corrected chi connectivity index (χ4v) is 3.13. The number of ether oxygens (including phenoxy) is 1. The Morgan fingerprint density at radius 1 is 1.47 bits per heavy atom. The number of hydrogen-bond acceptors (Lipinski definition) is 5. The van der Waals surface area contributed by atoms with E-state index in [9.17, 15) is 0 Å². The molecular formula is C13H25N5O. The molecule has 1 aliphatic rings. The lowest BCUT2D eigenvalue weighted by molar-refractivity contribution is 0.00804. The molecule has 0 spiro atoms. The van der Waals surface area contributed by atoms with Gasteiger partial charge in [-0.15, -0.1) is 5.10 Å². The Kier molecular flexibility index (Phi) is 5.30. The van der Waals surface area contributed by atoms with Gasteiger partial charge in [-0.3, -0.25) is 16.0 Å². The third kappa shape index (κ3) is 3.75. The number of nitrogens with two attached hydrogens (primary N) is 1. The van der Waals surface area contributed by atoms with Crippen LogP contribution in [0.3, 0.4) is 0 Å². The second-order valence-electron chi connectivity index (χ2n) is 5.46. The van der Waals surface area contributed by atoms with Crippen LogP contribution < -0.4 is 11.3 Å². The van der Waals surface area contributed by atoms with Crippen molar-refractivity contribution in [2.75, 3.05) is 7.11 Å². The van der Waals surface area contributed by atoms with E-state index in [4.69, 9.17) is 10.6 Å². The molecule has 0 aromatic carbocycles. The third-order valence-electron chi connectivity index (χ3n) is 4.08. The van der Waals surface area contributed by atoms with E-state index in [0.717, 1.165) is 12.1 Å². The summed E-state index contributed by atoms with van der Waals surface area (Å²) in [6, 6.07) is 0.0878. The van der Waals surface area contributed by atoms with Gasteiger partial charge in [-0.2, -0.15) is 0 Å². The summed E-state index contributed by atoms with van der Waals surface area (Å²) in [4.78, 5) is 0. The SMILES string of the molecule is COC(C1CCCCC1)C(Cc1cn(C)nn1)NN. The van der Waals surface area contributed by atoms with Crippen molar-refractivity contribution in [1.29, 1.82) is 0 Å². The highest BCUT2D eigenvalue weighted by molar-refractivity contribution is 4.98. The van der Waals surface area contributed by atoms with E-state index in [1.807, 2.05) is 13.2 Å². The average molecular weight is 267 g/mol. The predicted octanol–water partition coefficient (Wildman–Crippen LogP) is 0.785. The summed E-state index contributed by atoms with van der Waals surface area (Å²) in [6.45, 7) is 0. The van der Waals surface area contributed by atoms with Crippen molar-refractivity contribution in [3.63, 3.8) is 0 Å². The van der Waals surface area contributed by atoms with Crippen LogP contribution in [0.2, 0.25) is 0 Å². The monoisotopic (exact) mass is 267 g/mol. The van der Waals surface area contributed by atoms with Crippen molar-refractivity contribution in [2.24, 2.45) is 18.8 Å². The predicted molar refractivity (Wildman–Crippen MR) is 73.2 cm³/mol. The first kappa shape index (κ1) is 14.4. The zero-order valence-corrected chi connectivity index (χ0v) is 11.9. The van der Waals surface area contributed by atoms with Gasteiger partial charge in [0.2, 0.25) is 0 Å². The van der Waals surface area contributed by atoms with Gasteiger partial charge in [-0.1, -0.05) is 24.5 Å². The minimum absolute atomic E-state index is 0.0878. The first-order valence-corrected chi connectivity index (χ1v) is 7.08. The van der Waals surface area contributed by atoms with Gasteiger partial charge in [0.1, 0.15) is 0 Å². The van der Waals surface area contributed by atoms with Gasteiger partial charge in [0.15, 0.2) is 0 Å². The van der Waals surface area contributed by atoms with E-state index < -0.39 is 0 Å². The van der Waals surface area contributed by atoms with Crippen molar-refractivity contribution in [3.8, 4) is 0 Å². The van der Waals surface area contributed by atoms with Crippen molar-refractivity contribution in [3.05, 3.63) is 11.9 Å². The molecule has 1 fully saturated rings. The first-order valence-electron chi connectivity index (χ1n) is 7.08. The second kappa shape index (κ2) is 6.98. The van der Waals surface area contributed by atoms with Crippen LogP contribution in [0.1, 0.15) is 37.8 Å². The maximum absolute atomic E-state index is 5.73. The summed E-state index contributed by atoms with van der Waals surface area (Å²) < 4.78 is 7.44. The van der Waals surface area contributed by atoms with Gasteiger partial charge in [0, 0.05) is 26.8 Å². The van der Waals surface area contributed by atoms with E-state index >= 15 is 0 Å². The highest BCUT2D eigenvalue weighted by Gasteiger charge is 2.30. The number of nitrogens with one attached hydrogen (secondary N) is 1. The highest BCUT2D eigenvalue weighted by Crippen LogP contribution is 2.29. The lowest BCUT2D eigenvalue weighted by atomic mass is 9.81. The molecule has 108 valence electrons. The second-order valence-corrected chi connectivity index (χ2v) is 5.46. The van der Waals surface area contributed by atoms with E-state index in [-0.39, 0.29) is 12.1 Å². The Morgan fingerprint density at radius 3 is 2.74 bits per heavy atom. The summed E-state index contributed by atoms with van der Waals surface area (Å²) >= 11 is 0. The first-order chi connectivity index (χ1) is 9.24. The van der Waals surface area contributed by atoms with E-state index in [1.165, 1.54) is 32.1 Å². The number of rotatable bonds is 6. The highest BCUT2D eigenvalue weighted by atomic mass is 16.5. The summed E-state index contributed by atoms with van der Waals surface area (Å²) in [7, 11) is 3.65. The fourth-order valence-electron chi connectivity index (χ4n) is 3.13. The number of aryl methyl sites for hydroxylation is 1. The molecule has 19 heavy (non-hydrogen) atoms. The maximum Gasteiger partial charge on any atom is 0.0844 e. The number of hydrogen-bond donors (Lipinski definition) is 2. The van der Waals surface area contributed by atoms with Gasteiger partial charge in [0.25, 0.3) is 0 Å². The van der Waals surface area contributed by atoms with Crippen LogP contribution in [-0.4, -0.2) is 34.2 Å². The van der Waals surface area contributed by atoms with Gasteiger partial charge in [-0.25, -0.2) is 0 Å². The summed E-state index contributed by atoms with van der Waals surface area (Å²) in [5.41, 5.74) is 3.85. The zero-order chi connectivity index (χ0) is 13.7. The van der Waals surface area contributed by atoms with Crippen LogP contribution in [-0.2, 0) is 18.2 Å². The van der Waals surface area contributed by atoms with Gasteiger partial charge < -0.3 is 4.74 Å². The van der Waals surface area contributed by atoms with Crippen molar-refractivity contribution < 1.29 is 4.74 Å². The molecule has 1 heterocycles. The molecule has 2 rings (SSSR count). The number of methoxy groups -OCH3 is 1. The van der Waals surface area contributed by atoms with E-state index in [2.05, 4.69) is 15.7 Å². The Hall–Kier alpha value is -0.980. The van der Waals surface area contributed by atoms with Gasteiger partial charge >= 0.3 is 0 Å². The van der Waals surface area contributed by atoms with E-state index in [1.54, 1.807) is 11.8 Å². The molecule has 1 aliphatic carbocycles. The molecule has 0 aliphatic heterocycles. The molecule has 1 saturated carbocycles. The Labute approximate surface area is 114 Å². The lowest BCUT2D eigenvalue weighted by Gasteiger charge is -2.34. The molecule has 1 aromatic heterocycles. The van der Waals surface area contributed by atoms with Crippen LogP contribution in [0.25, 0.3) is 0 Å². The molecule has 6 nitrogen and oxygen atoms in total. The van der Waals surface area contributed by atoms with Crippen LogP contribution in [0.15, 0.2) is 6.20 Å². The topological polar surface area (TPSA) is 78.0 Å². The zero-order valence-electron chi connectivity index (χ0n) is 11.9. The van der Waals surface area contributed by atoms with Crippen LogP contribution in [0, 0.1) is 5.92 Å². The average Bonchev–Trinajstić information content (AvgIpc) is 2.85. The molecule has 0 radical (unpaired) electrons. The molecular weight excluding hydrogens is 242 g/mol. The number of aromatic nitrogens is 3. The molecule has 0 amide bonds. The number of nitrogens with zero attached hydrogens (tertiary/aromatic N) is 3. The number of hydrazine groups is 1. The summed E-state index contributed by atoms with van der Waals surface area (Å²) in [6.07, 6.45) is 9.23. The third-order valence-corrected chi connectivity index (χ3v) is 4.08. The lowest BCUT2D eigenvalue weighted by Crippen LogP contribution is -2.49. The normalized spacial score (nSPS) is 20.4. The minimum Gasteiger partial charge on any atom is -0.379 e. The molecule has 2 unspecified atom stereocenters. The molecule has 1 aromatic rings. The smallest absolute Gasteiger partial charge is 0.0844 e. The summed E-state index contributed by atoms with van der Waals surface area (Å²) in [5, 5.41) is 8.09. The molecule has 0 saturated heterocycles. The molecule has 3 N–H and O–H groups in total. The Morgan fingerprint density at radius 2 is 2.21 bits per heavy atom.